The molecule has 0 saturated heterocycles. The van der Waals surface area contributed by atoms with E-state index in [4.69, 9.17) is 0 Å². The molecule has 3 aromatic rings. The molecule has 1 aliphatic heterocycles. The number of nitrogens with zero attached hydrogens (tertiary/aromatic N) is 4. The van der Waals surface area contributed by atoms with Crippen molar-refractivity contribution >= 4 is 23.0 Å². The fourth-order valence-electron chi connectivity index (χ4n) is 3.46. The number of carbonyl (C=O) groups is 1. The Morgan fingerprint density at radius 3 is 2.77 bits per heavy atom. The topological polar surface area (TPSA) is 84.7 Å². The molecule has 0 radical (unpaired) electrons. The molecule has 154 valence electrons. The predicted octanol–water partition coefficient (Wildman–Crippen LogP) is 4.02. The lowest BCUT2D eigenvalue weighted by atomic mass is 10.0. The SMILES string of the molecule is C/C(Nc1cc(C)n(CC(F)F)n1)=C1/C(=O)Nc2cnc(-c3cnccc3C)cc21. The number of aromatic nitrogens is 4. The van der Waals surface area contributed by atoms with E-state index in [1.54, 1.807) is 38.5 Å². The van der Waals surface area contributed by atoms with E-state index in [1.165, 1.54) is 4.68 Å². The van der Waals surface area contributed by atoms with E-state index in [-0.39, 0.29) is 5.91 Å². The van der Waals surface area contributed by atoms with Gasteiger partial charge in [0.15, 0.2) is 5.82 Å². The third-order valence-corrected chi connectivity index (χ3v) is 4.95. The van der Waals surface area contributed by atoms with Crippen LogP contribution in [0.25, 0.3) is 16.8 Å². The van der Waals surface area contributed by atoms with E-state index >= 15 is 0 Å². The van der Waals surface area contributed by atoms with Crippen LogP contribution in [-0.2, 0) is 11.3 Å². The van der Waals surface area contributed by atoms with Gasteiger partial charge >= 0.3 is 0 Å². The smallest absolute Gasteiger partial charge is 0.258 e. The number of hydrogen-bond acceptors (Lipinski definition) is 5. The zero-order valence-electron chi connectivity index (χ0n) is 16.7. The molecule has 4 rings (SSSR count). The zero-order valence-corrected chi connectivity index (χ0v) is 16.7. The van der Waals surface area contributed by atoms with Gasteiger partial charge in [-0.25, -0.2) is 8.78 Å². The summed E-state index contributed by atoms with van der Waals surface area (Å²) >= 11 is 0. The van der Waals surface area contributed by atoms with Gasteiger partial charge in [-0.05, 0) is 38.5 Å². The van der Waals surface area contributed by atoms with Gasteiger partial charge in [-0.2, -0.15) is 5.10 Å². The Hall–Kier alpha value is -3.62. The molecular formula is C21H20F2N6O. The highest BCUT2D eigenvalue weighted by atomic mass is 19.3. The molecule has 7 nitrogen and oxygen atoms in total. The molecule has 0 aliphatic carbocycles. The average molecular weight is 410 g/mol. The second-order valence-electron chi connectivity index (χ2n) is 7.13. The molecule has 1 aliphatic rings. The van der Waals surface area contributed by atoms with Crippen molar-refractivity contribution in [2.45, 2.75) is 33.7 Å². The Morgan fingerprint density at radius 1 is 1.23 bits per heavy atom. The molecular weight excluding hydrogens is 390 g/mol. The van der Waals surface area contributed by atoms with Crippen LogP contribution < -0.4 is 10.6 Å². The van der Waals surface area contributed by atoms with E-state index in [1.807, 2.05) is 19.1 Å². The van der Waals surface area contributed by atoms with E-state index < -0.39 is 13.0 Å². The van der Waals surface area contributed by atoms with Gasteiger partial charge in [-0.3, -0.25) is 19.4 Å². The van der Waals surface area contributed by atoms with E-state index in [2.05, 4.69) is 25.7 Å². The lowest BCUT2D eigenvalue weighted by Gasteiger charge is -2.09. The summed E-state index contributed by atoms with van der Waals surface area (Å²) in [5.74, 6) is 0.136. The number of aryl methyl sites for hydroxylation is 2. The first kappa shape index (κ1) is 19.7. The maximum absolute atomic E-state index is 12.7. The fourth-order valence-corrected chi connectivity index (χ4v) is 3.46. The van der Waals surface area contributed by atoms with Crippen molar-refractivity contribution in [1.29, 1.82) is 0 Å². The first-order valence-electron chi connectivity index (χ1n) is 9.36. The summed E-state index contributed by atoms with van der Waals surface area (Å²) in [6.45, 7) is 4.94. The van der Waals surface area contributed by atoms with Crippen molar-refractivity contribution in [3.8, 4) is 11.3 Å². The van der Waals surface area contributed by atoms with Crippen molar-refractivity contribution in [2.75, 3.05) is 10.6 Å². The summed E-state index contributed by atoms with van der Waals surface area (Å²) in [5, 5.41) is 10.0. The molecule has 30 heavy (non-hydrogen) atoms. The molecule has 3 aromatic heterocycles. The number of alkyl halides is 2. The van der Waals surface area contributed by atoms with Gasteiger partial charge in [0.05, 0.1) is 23.2 Å². The summed E-state index contributed by atoms with van der Waals surface area (Å²) in [4.78, 5) is 21.2. The van der Waals surface area contributed by atoms with Gasteiger partial charge in [0.1, 0.15) is 6.54 Å². The van der Waals surface area contributed by atoms with E-state index in [9.17, 15) is 13.6 Å². The normalized spacial score (nSPS) is 14.7. The molecule has 2 N–H and O–H groups in total. The van der Waals surface area contributed by atoms with Crippen molar-refractivity contribution in [2.24, 2.45) is 0 Å². The minimum atomic E-state index is -2.50. The van der Waals surface area contributed by atoms with Crippen LogP contribution in [0.3, 0.4) is 0 Å². The largest absolute Gasteiger partial charge is 0.342 e. The number of rotatable bonds is 5. The summed E-state index contributed by atoms with van der Waals surface area (Å²) in [6, 6.07) is 5.41. The molecule has 0 aromatic carbocycles. The lowest BCUT2D eigenvalue weighted by molar-refractivity contribution is -0.110. The summed E-state index contributed by atoms with van der Waals surface area (Å²) in [5.41, 5.74) is 5.55. The molecule has 1 amide bonds. The summed E-state index contributed by atoms with van der Waals surface area (Å²) in [6.07, 6.45) is 2.58. The van der Waals surface area contributed by atoms with Crippen molar-refractivity contribution in [3.63, 3.8) is 0 Å². The number of carbonyl (C=O) groups excluding carboxylic acids is 1. The number of amides is 1. The monoisotopic (exact) mass is 410 g/mol. The zero-order chi connectivity index (χ0) is 21.4. The average Bonchev–Trinajstić information content (AvgIpc) is 3.19. The van der Waals surface area contributed by atoms with Gasteiger partial charge in [0.25, 0.3) is 12.3 Å². The molecule has 9 heteroatoms. The van der Waals surface area contributed by atoms with Crippen LogP contribution in [0.1, 0.15) is 23.7 Å². The van der Waals surface area contributed by atoms with Gasteiger partial charge < -0.3 is 10.6 Å². The summed E-state index contributed by atoms with van der Waals surface area (Å²) in [7, 11) is 0. The highest BCUT2D eigenvalue weighted by molar-refractivity contribution is 6.32. The van der Waals surface area contributed by atoms with Crippen molar-refractivity contribution < 1.29 is 13.6 Å². The quantitative estimate of drug-likeness (QED) is 0.621. The van der Waals surface area contributed by atoms with Crippen LogP contribution in [0.4, 0.5) is 20.3 Å². The maximum Gasteiger partial charge on any atom is 0.258 e. The second-order valence-corrected chi connectivity index (χ2v) is 7.13. The van der Waals surface area contributed by atoms with Gasteiger partial charge in [0, 0.05) is 41.0 Å². The van der Waals surface area contributed by atoms with Crippen LogP contribution in [0, 0.1) is 13.8 Å². The second kappa shape index (κ2) is 7.66. The number of nitrogens with one attached hydrogen (secondary N) is 2. The predicted molar refractivity (Wildman–Crippen MR) is 110 cm³/mol. The maximum atomic E-state index is 12.7. The number of hydrogen-bond donors (Lipinski definition) is 2. The molecule has 4 heterocycles. The first-order chi connectivity index (χ1) is 14.3. The Balaban J connectivity index is 1.70. The summed E-state index contributed by atoms with van der Waals surface area (Å²) < 4.78 is 26.6. The molecule has 0 atom stereocenters. The molecule has 0 fully saturated rings. The fraction of sp³-hybridized carbons (Fsp3) is 0.238. The van der Waals surface area contributed by atoms with Crippen LogP contribution in [0.2, 0.25) is 0 Å². The number of halogens is 2. The van der Waals surface area contributed by atoms with Crippen LogP contribution in [0.15, 0.2) is 42.5 Å². The van der Waals surface area contributed by atoms with Crippen LogP contribution in [0.5, 0.6) is 0 Å². The van der Waals surface area contributed by atoms with Gasteiger partial charge in [-0.15, -0.1) is 0 Å². The van der Waals surface area contributed by atoms with Crippen molar-refractivity contribution in [1.82, 2.24) is 19.7 Å². The Morgan fingerprint density at radius 2 is 2.03 bits per heavy atom. The van der Waals surface area contributed by atoms with Crippen LogP contribution >= 0.6 is 0 Å². The third-order valence-electron chi connectivity index (χ3n) is 4.95. The lowest BCUT2D eigenvalue weighted by Crippen LogP contribution is -2.11. The molecule has 0 unspecified atom stereocenters. The Kier molecular flexibility index (Phi) is 5.03. The van der Waals surface area contributed by atoms with Gasteiger partial charge in [0.2, 0.25) is 0 Å². The Labute approximate surface area is 171 Å². The molecule has 0 spiro atoms. The molecule has 0 bridgehead atoms. The Bertz CT molecular complexity index is 1170. The highest BCUT2D eigenvalue weighted by Crippen LogP contribution is 2.36. The van der Waals surface area contributed by atoms with E-state index in [0.29, 0.717) is 39.7 Å². The van der Waals surface area contributed by atoms with Crippen molar-refractivity contribution in [3.05, 3.63) is 59.3 Å². The number of pyridine rings is 2. The standard InChI is InChI=1S/C21H20F2N6O/c1-11-4-5-24-8-15(11)16-7-14-17(9-25-16)27-21(30)20(14)13(3)26-19-6-12(2)29(28-19)10-18(22)23/h4-9,18H,10H2,1-3H3,(H,26,28)(H,27,30)/b20-13-. The first-order valence-corrected chi connectivity index (χ1v) is 9.36. The highest BCUT2D eigenvalue weighted by Gasteiger charge is 2.28. The minimum absolute atomic E-state index is 0.263. The third kappa shape index (κ3) is 3.66. The van der Waals surface area contributed by atoms with Gasteiger partial charge in [-0.1, -0.05) is 0 Å². The van der Waals surface area contributed by atoms with Crippen LogP contribution in [-0.4, -0.2) is 32.1 Å². The molecule has 0 saturated carbocycles. The van der Waals surface area contributed by atoms with E-state index in [0.717, 1.165) is 11.1 Å². The number of allylic oxidation sites excluding steroid dienone is 1. The minimum Gasteiger partial charge on any atom is -0.342 e. The number of anilines is 2. The number of fused-ring (bicyclic) bond motifs is 1.